The molecule has 1 aromatic heterocycles. The minimum atomic E-state index is -0.0637. The van der Waals surface area contributed by atoms with Gasteiger partial charge in [0, 0.05) is 23.5 Å². The molecule has 0 aromatic carbocycles. The first kappa shape index (κ1) is 14.8. The molecule has 4 nitrogen and oxygen atoms in total. The fourth-order valence-corrected chi connectivity index (χ4v) is 5.29. The zero-order chi connectivity index (χ0) is 13.8. The Balaban J connectivity index is 0.00000132. The number of halogens is 1. The Kier molecular flexibility index (Phi) is 3.49. The predicted octanol–water partition coefficient (Wildman–Crippen LogP) is 2.28. The average molecular weight is 308 g/mol. The molecule has 4 aliphatic rings. The summed E-state index contributed by atoms with van der Waals surface area (Å²) in [5, 5.41) is 3.31. The van der Waals surface area contributed by atoms with Crippen LogP contribution >= 0.6 is 12.4 Å². The van der Waals surface area contributed by atoms with Crippen molar-refractivity contribution >= 4 is 18.3 Å². The highest BCUT2D eigenvalue weighted by Crippen LogP contribution is 2.56. The maximum Gasteiger partial charge on any atom is 0.253 e. The second kappa shape index (κ2) is 4.96. The SMILES string of the molecule is Cl.NC12C[C@H]3C[C@@H](C1)CC(NC(=O)c1cccnc1)(C3)C2. The maximum atomic E-state index is 12.4. The first-order chi connectivity index (χ1) is 9.56. The quantitative estimate of drug-likeness (QED) is 0.881. The molecular formula is C16H22ClN3O. The molecule has 114 valence electrons. The van der Waals surface area contributed by atoms with Crippen molar-refractivity contribution in [3.63, 3.8) is 0 Å². The van der Waals surface area contributed by atoms with Gasteiger partial charge in [0.2, 0.25) is 0 Å². The molecule has 4 fully saturated rings. The standard InChI is InChI=1S/C16H21N3O.ClH/c17-15-5-11-4-12(6-15)8-16(7-11,10-15)19-14(20)13-2-1-3-18-9-13;/h1-3,9,11-12H,4-8,10,17H2,(H,19,20);1H/t11-,12+,15?,16?;. The molecule has 1 amide bonds. The van der Waals surface area contributed by atoms with E-state index in [2.05, 4.69) is 10.3 Å². The molecule has 1 heterocycles. The Bertz CT molecular complexity index is 534. The monoisotopic (exact) mass is 307 g/mol. The largest absolute Gasteiger partial charge is 0.346 e. The third-order valence-electron chi connectivity index (χ3n) is 5.41. The van der Waals surface area contributed by atoms with E-state index in [1.807, 2.05) is 6.07 Å². The van der Waals surface area contributed by atoms with Gasteiger partial charge in [0.15, 0.2) is 0 Å². The van der Waals surface area contributed by atoms with Crippen molar-refractivity contribution in [2.75, 3.05) is 0 Å². The number of nitrogens with two attached hydrogens (primary N) is 1. The number of pyridine rings is 1. The van der Waals surface area contributed by atoms with Crippen molar-refractivity contribution < 1.29 is 4.79 Å². The summed E-state index contributed by atoms with van der Waals surface area (Å²) < 4.78 is 0. The summed E-state index contributed by atoms with van der Waals surface area (Å²) in [6.45, 7) is 0. The zero-order valence-corrected chi connectivity index (χ0v) is 12.9. The van der Waals surface area contributed by atoms with Gasteiger partial charge in [-0.25, -0.2) is 0 Å². The summed E-state index contributed by atoms with van der Waals surface area (Å²) in [4.78, 5) is 16.5. The lowest BCUT2D eigenvalue weighted by atomic mass is 9.50. The van der Waals surface area contributed by atoms with Gasteiger partial charge in [-0.1, -0.05) is 0 Å². The fourth-order valence-electron chi connectivity index (χ4n) is 5.29. The molecule has 5 heteroatoms. The van der Waals surface area contributed by atoms with Crippen LogP contribution in [0.5, 0.6) is 0 Å². The van der Waals surface area contributed by atoms with E-state index in [0.717, 1.165) is 32.1 Å². The molecule has 0 radical (unpaired) electrons. The van der Waals surface area contributed by atoms with E-state index in [9.17, 15) is 4.79 Å². The molecule has 4 saturated carbocycles. The van der Waals surface area contributed by atoms with Crippen LogP contribution in [0.4, 0.5) is 0 Å². The normalized spacial score (nSPS) is 39.7. The molecule has 0 saturated heterocycles. The molecule has 2 unspecified atom stereocenters. The van der Waals surface area contributed by atoms with Crippen LogP contribution in [0.25, 0.3) is 0 Å². The first-order valence-electron chi connectivity index (χ1n) is 7.57. The number of aromatic nitrogens is 1. The van der Waals surface area contributed by atoms with Crippen LogP contribution in [0.2, 0.25) is 0 Å². The highest BCUT2D eigenvalue weighted by molar-refractivity contribution is 5.94. The van der Waals surface area contributed by atoms with Gasteiger partial charge in [0.25, 0.3) is 5.91 Å². The summed E-state index contributed by atoms with van der Waals surface area (Å²) in [6.07, 6.45) is 10.1. The second-order valence-corrected chi connectivity index (χ2v) is 7.30. The molecule has 3 N–H and O–H groups in total. The third-order valence-corrected chi connectivity index (χ3v) is 5.41. The van der Waals surface area contributed by atoms with Crippen LogP contribution in [-0.4, -0.2) is 22.0 Å². The number of carbonyl (C=O) groups is 1. The van der Waals surface area contributed by atoms with E-state index in [0.29, 0.717) is 17.4 Å². The Hall–Kier alpha value is -1.13. The van der Waals surface area contributed by atoms with E-state index in [4.69, 9.17) is 5.73 Å². The highest BCUT2D eigenvalue weighted by atomic mass is 35.5. The van der Waals surface area contributed by atoms with Crippen LogP contribution in [0.1, 0.15) is 48.9 Å². The first-order valence-corrected chi connectivity index (χ1v) is 7.57. The topological polar surface area (TPSA) is 68.0 Å². The summed E-state index contributed by atoms with van der Waals surface area (Å²) in [5.74, 6) is 1.41. The zero-order valence-electron chi connectivity index (χ0n) is 12.0. The van der Waals surface area contributed by atoms with E-state index in [-0.39, 0.29) is 29.4 Å². The van der Waals surface area contributed by atoms with Crippen LogP contribution in [0.15, 0.2) is 24.5 Å². The molecule has 5 rings (SSSR count). The molecule has 1 aromatic rings. The Morgan fingerprint density at radius 2 is 2.00 bits per heavy atom. The molecule has 4 aliphatic carbocycles. The van der Waals surface area contributed by atoms with Gasteiger partial charge in [-0.3, -0.25) is 9.78 Å². The fraction of sp³-hybridized carbons (Fsp3) is 0.625. The lowest BCUT2D eigenvalue weighted by Crippen LogP contribution is -2.68. The van der Waals surface area contributed by atoms with Crippen molar-refractivity contribution in [3.8, 4) is 0 Å². The summed E-state index contributed by atoms with van der Waals surface area (Å²) in [7, 11) is 0. The number of nitrogens with zero attached hydrogens (tertiary/aromatic N) is 1. The van der Waals surface area contributed by atoms with Crippen molar-refractivity contribution in [3.05, 3.63) is 30.1 Å². The van der Waals surface area contributed by atoms with Crippen LogP contribution in [0, 0.1) is 11.8 Å². The van der Waals surface area contributed by atoms with Crippen molar-refractivity contribution in [1.29, 1.82) is 0 Å². The lowest BCUT2D eigenvalue weighted by molar-refractivity contribution is -0.0320. The predicted molar refractivity (Wildman–Crippen MR) is 83.3 cm³/mol. The van der Waals surface area contributed by atoms with Gasteiger partial charge in [-0.05, 0) is 62.5 Å². The molecule has 0 aliphatic heterocycles. The van der Waals surface area contributed by atoms with Gasteiger partial charge >= 0.3 is 0 Å². The molecular weight excluding hydrogens is 286 g/mol. The van der Waals surface area contributed by atoms with E-state index < -0.39 is 0 Å². The van der Waals surface area contributed by atoms with Crippen LogP contribution in [0.3, 0.4) is 0 Å². The van der Waals surface area contributed by atoms with Gasteiger partial charge in [0.05, 0.1) is 5.56 Å². The average Bonchev–Trinajstić information content (AvgIpc) is 2.36. The molecule has 4 bridgehead atoms. The van der Waals surface area contributed by atoms with Gasteiger partial charge in [0.1, 0.15) is 0 Å². The second-order valence-electron chi connectivity index (χ2n) is 7.30. The third kappa shape index (κ3) is 2.55. The van der Waals surface area contributed by atoms with Crippen molar-refractivity contribution in [1.82, 2.24) is 10.3 Å². The van der Waals surface area contributed by atoms with Crippen molar-refractivity contribution in [2.24, 2.45) is 17.6 Å². The number of amides is 1. The van der Waals surface area contributed by atoms with E-state index in [1.54, 1.807) is 18.5 Å². The number of hydrogen-bond donors (Lipinski definition) is 2. The molecule has 4 atom stereocenters. The Morgan fingerprint density at radius 3 is 2.57 bits per heavy atom. The molecule has 0 spiro atoms. The molecule has 21 heavy (non-hydrogen) atoms. The smallest absolute Gasteiger partial charge is 0.253 e. The van der Waals surface area contributed by atoms with Gasteiger partial charge in [-0.2, -0.15) is 0 Å². The number of hydrogen-bond acceptors (Lipinski definition) is 3. The Labute approximate surface area is 131 Å². The number of nitrogens with one attached hydrogen (secondary N) is 1. The maximum absolute atomic E-state index is 12.4. The van der Waals surface area contributed by atoms with Crippen molar-refractivity contribution in [2.45, 2.75) is 49.6 Å². The highest BCUT2D eigenvalue weighted by Gasteiger charge is 2.56. The van der Waals surface area contributed by atoms with E-state index >= 15 is 0 Å². The van der Waals surface area contributed by atoms with Gasteiger partial charge < -0.3 is 11.1 Å². The summed E-state index contributed by atoms with van der Waals surface area (Å²) >= 11 is 0. The minimum Gasteiger partial charge on any atom is -0.346 e. The minimum absolute atomic E-state index is 0. The summed E-state index contributed by atoms with van der Waals surface area (Å²) in [6, 6.07) is 3.63. The van der Waals surface area contributed by atoms with Crippen LogP contribution in [-0.2, 0) is 0 Å². The number of rotatable bonds is 2. The van der Waals surface area contributed by atoms with E-state index in [1.165, 1.54) is 6.42 Å². The Morgan fingerprint density at radius 1 is 1.29 bits per heavy atom. The lowest BCUT2D eigenvalue weighted by Gasteiger charge is -2.61. The van der Waals surface area contributed by atoms with Crippen LogP contribution < -0.4 is 11.1 Å². The summed E-state index contributed by atoms with van der Waals surface area (Å²) in [5.41, 5.74) is 7.11. The van der Waals surface area contributed by atoms with Gasteiger partial charge in [-0.15, -0.1) is 12.4 Å². The number of carbonyl (C=O) groups excluding carboxylic acids is 1.